The minimum Gasteiger partial charge on any atom is -0.379 e. The van der Waals surface area contributed by atoms with Crippen LogP contribution in [0.15, 0.2) is 0 Å². The van der Waals surface area contributed by atoms with E-state index in [2.05, 4.69) is 15.9 Å². The van der Waals surface area contributed by atoms with Gasteiger partial charge in [-0.2, -0.15) is 0 Å². The molecule has 126 valence electrons. The van der Waals surface area contributed by atoms with Crippen LogP contribution in [-0.4, -0.2) is 72.2 Å². The molecule has 2 heterocycles. The molecule has 0 atom stereocenters. The quantitative estimate of drug-likeness (QED) is 0.279. The highest BCUT2D eigenvalue weighted by atomic mass is 32.1. The Morgan fingerprint density at radius 2 is 1.41 bits per heavy atom. The monoisotopic (exact) mass is 368 g/mol. The zero-order valence-electron chi connectivity index (χ0n) is 12.1. The SMILES string of the molecule is NC(=S)NNC(=S)NP(=O)(N1CCOCC1)N1CCOCC1. The molecule has 0 aromatic carbocycles. The van der Waals surface area contributed by atoms with Crippen LogP contribution >= 0.6 is 32.0 Å². The third-order valence-corrected chi connectivity index (χ3v) is 6.59. The second-order valence-electron chi connectivity index (χ2n) is 4.73. The van der Waals surface area contributed by atoms with Crippen molar-refractivity contribution in [2.24, 2.45) is 5.73 Å². The largest absolute Gasteiger partial charge is 0.379 e. The van der Waals surface area contributed by atoms with Crippen molar-refractivity contribution in [1.29, 1.82) is 0 Å². The lowest BCUT2D eigenvalue weighted by molar-refractivity contribution is 0.0517. The average molecular weight is 368 g/mol. The molecule has 5 N–H and O–H groups in total. The Hall–Kier alpha value is -0.550. The van der Waals surface area contributed by atoms with Crippen molar-refractivity contribution in [3.8, 4) is 0 Å². The third-order valence-electron chi connectivity index (χ3n) is 3.29. The maximum atomic E-state index is 13.6. The van der Waals surface area contributed by atoms with Crippen LogP contribution in [0.25, 0.3) is 0 Å². The molecule has 2 saturated heterocycles. The third kappa shape index (κ3) is 4.72. The highest BCUT2D eigenvalue weighted by Gasteiger charge is 2.39. The molecule has 0 aromatic rings. The summed E-state index contributed by atoms with van der Waals surface area (Å²) in [7, 11) is -3.06. The van der Waals surface area contributed by atoms with Crippen LogP contribution in [0, 0.1) is 0 Å². The lowest BCUT2D eigenvalue weighted by Crippen LogP contribution is -2.53. The molecular weight excluding hydrogens is 347 g/mol. The Labute approximate surface area is 140 Å². The summed E-state index contributed by atoms with van der Waals surface area (Å²) in [5, 5.41) is 3.15. The van der Waals surface area contributed by atoms with Gasteiger partial charge >= 0.3 is 7.59 Å². The molecule has 12 heteroatoms. The van der Waals surface area contributed by atoms with Crippen molar-refractivity contribution in [2.45, 2.75) is 0 Å². The fraction of sp³-hybridized carbons (Fsp3) is 0.800. The van der Waals surface area contributed by atoms with Gasteiger partial charge < -0.3 is 15.2 Å². The second kappa shape index (κ2) is 8.34. The molecule has 0 radical (unpaired) electrons. The predicted molar refractivity (Wildman–Crippen MR) is 91.2 cm³/mol. The first kappa shape index (κ1) is 17.8. The smallest absolute Gasteiger partial charge is 0.310 e. The second-order valence-corrected chi connectivity index (χ2v) is 8.02. The van der Waals surface area contributed by atoms with Crippen molar-refractivity contribution in [1.82, 2.24) is 25.3 Å². The summed E-state index contributed by atoms with van der Waals surface area (Å²) >= 11 is 9.87. The molecule has 2 aliphatic heterocycles. The fourth-order valence-corrected chi connectivity index (χ4v) is 5.08. The molecule has 2 rings (SSSR count). The minimum absolute atomic E-state index is 0.0525. The summed E-state index contributed by atoms with van der Waals surface area (Å²) in [6.45, 7) is 4.48. The van der Waals surface area contributed by atoms with Crippen molar-refractivity contribution < 1.29 is 14.0 Å². The van der Waals surface area contributed by atoms with E-state index in [1.165, 1.54) is 0 Å². The minimum atomic E-state index is -3.06. The number of hydrogen-bond acceptors (Lipinski definition) is 5. The van der Waals surface area contributed by atoms with Gasteiger partial charge in [-0.3, -0.25) is 20.5 Å². The number of hydrogen-bond donors (Lipinski definition) is 4. The van der Waals surface area contributed by atoms with Gasteiger partial charge in [0.25, 0.3) is 0 Å². The Bertz CT molecular complexity index is 434. The Kier molecular flexibility index (Phi) is 6.75. The number of rotatable bonds is 3. The van der Waals surface area contributed by atoms with Gasteiger partial charge in [0.15, 0.2) is 10.2 Å². The van der Waals surface area contributed by atoms with E-state index in [1.54, 1.807) is 0 Å². The molecule has 2 aliphatic rings. The molecule has 0 aliphatic carbocycles. The molecule has 9 nitrogen and oxygen atoms in total. The Morgan fingerprint density at radius 3 is 1.82 bits per heavy atom. The summed E-state index contributed by atoms with van der Waals surface area (Å²) in [5.74, 6) is 0. The normalized spacial score (nSPS) is 21.1. The van der Waals surface area contributed by atoms with Crippen molar-refractivity contribution >= 4 is 42.3 Å². The van der Waals surface area contributed by atoms with Gasteiger partial charge in [0.2, 0.25) is 0 Å². The molecule has 0 amide bonds. The van der Waals surface area contributed by atoms with Gasteiger partial charge in [-0.25, -0.2) is 9.34 Å². The maximum Gasteiger partial charge on any atom is 0.310 e. The first-order valence-electron chi connectivity index (χ1n) is 6.92. The Morgan fingerprint density at radius 1 is 0.955 bits per heavy atom. The average Bonchev–Trinajstić information content (AvgIpc) is 2.54. The van der Waals surface area contributed by atoms with Crippen LogP contribution in [0.2, 0.25) is 0 Å². The predicted octanol–water partition coefficient (Wildman–Crippen LogP) is -1.03. The van der Waals surface area contributed by atoms with Crippen LogP contribution in [0.4, 0.5) is 0 Å². The molecule has 0 bridgehead atoms. The van der Waals surface area contributed by atoms with Gasteiger partial charge in [0, 0.05) is 26.2 Å². The summed E-state index contributed by atoms with van der Waals surface area (Å²) in [6, 6.07) is 0. The molecule has 0 aromatic heterocycles. The van der Waals surface area contributed by atoms with E-state index in [-0.39, 0.29) is 10.2 Å². The van der Waals surface area contributed by atoms with Gasteiger partial charge in [0.1, 0.15) is 0 Å². The van der Waals surface area contributed by atoms with E-state index in [1.807, 2.05) is 9.34 Å². The number of ether oxygens (including phenoxy) is 2. The Balaban J connectivity index is 2.07. The lowest BCUT2D eigenvalue weighted by Gasteiger charge is -2.42. The van der Waals surface area contributed by atoms with E-state index in [9.17, 15) is 4.57 Å². The number of nitrogens with one attached hydrogen (secondary N) is 3. The van der Waals surface area contributed by atoms with E-state index in [0.717, 1.165) is 0 Å². The van der Waals surface area contributed by atoms with Crippen molar-refractivity contribution in [2.75, 3.05) is 52.6 Å². The number of morpholine rings is 2. The van der Waals surface area contributed by atoms with E-state index < -0.39 is 7.59 Å². The van der Waals surface area contributed by atoms with Crippen LogP contribution in [-0.2, 0) is 14.0 Å². The first-order valence-corrected chi connectivity index (χ1v) is 9.35. The van der Waals surface area contributed by atoms with Crippen molar-refractivity contribution in [3.05, 3.63) is 0 Å². The molecule has 0 spiro atoms. The van der Waals surface area contributed by atoms with Crippen LogP contribution in [0.5, 0.6) is 0 Å². The maximum absolute atomic E-state index is 13.6. The van der Waals surface area contributed by atoms with E-state index in [4.69, 9.17) is 39.6 Å². The highest BCUT2D eigenvalue weighted by molar-refractivity contribution is 7.81. The van der Waals surface area contributed by atoms with E-state index in [0.29, 0.717) is 52.6 Å². The number of nitrogens with zero attached hydrogens (tertiary/aromatic N) is 2. The van der Waals surface area contributed by atoms with Crippen LogP contribution < -0.4 is 21.7 Å². The molecular formula is C10H21N6O3PS2. The zero-order chi connectivity index (χ0) is 16.0. The van der Waals surface area contributed by atoms with Gasteiger partial charge in [-0.15, -0.1) is 0 Å². The topological polar surface area (TPSA) is 104 Å². The number of hydrazine groups is 1. The van der Waals surface area contributed by atoms with Gasteiger partial charge in [-0.1, -0.05) is 0 Å². The van der Waals surface area contributed by atoms with E-state index >= 15 is 0 Å². The van der Waals surface area contributed by atoms with Crippen molar-refractivity contribution in [3.63, 3.8) is 0 Å². The summed E-state index contributed by atoms with van der Waals surface area (Å²) in [4.78, 5) is 0. The van der Waals surface area contributed by atoms with Crippen LogP contribution in [0.3, 0.4) is 0 Å². The molecule has 22 heavy (non-hydrogen) atoms. The fourth-order valence-electron chi connectivity index (χ4n) is 2.25. The summed E-state index contributed by atoms with van der Waals surface area (Å²) in [6.07, 6.45) is 0. The van der Waals surface area contributed by atoms with Gasteiger partial charge in [-0.05, 0) is 24.4 Å². The number of nitrogens with two attached hydrogens (primary N) is 1. The zero-order valence-corrected chi connectivity index (χ0v) is 14.6. The molecule has 0 saturated carbocycles. The summed E-state index contributed by atoms with van der Waals surface area (Å²) < 4.78 is 28.0. The highest BCUT2D eigenvalue weighted by Crippen LogP contribution is 2.49. The number of thiocarbonyl (C=S) groups is 2. The lowest BCUT2D eigenvalue weighted by atomic mass is 10.5. The van der Waals surface area contributed by atoms with Gasteiger partial charge in [0.05, 0.1) is 26.4 Å². The van der Waals surface area contributed by atoms with Crippen LogP contribution in [0.1, 0.15) is 0 Å². The summed E-state index contributed by atoms with van der Waals surface area (Å²) in [5.41, 5.74) is 10.5. The first-order chi connectivity index (χ1) is 10.5. The standard InChI is InChI=1S/C10H21N6O3PS2/c11-9(21)12-13-10(22)14-20(17,15-1-5-18-6-2-15)16-3-7-19-8-4-16/h1-8H2,(H3,11,12,21)(H2,13,14,17,22). The molecule has 2 fully saturated rings. The molecule has 0 unspecified atom stereocenters.